The third kappa shape index (κ3) is 4.98. The molecule has 1 fully saturated rings. The Morgan fingerprint density at radius 2 is 1.91 bits per heavy atom. The van der Waals surface area contributed by atoms with Gasteiger partial charge < -0.3 is 14.2 Å². The fraction of sp³-hybridized carbons (Fsp3) is 0.259. The minimum Gasteiger partial charge on any atom is -0.493 e. The maximum atomic E-state index is 12.8. The highest BCUT2D eigenvalue weighted by Gasteiger charge is 2.25. The Balaban J connectivity index is 1.22. The number of amides is 1. The maximum absolute atomic E-state index is 12.8. The predicted molar refractivity (Wildman–Crippen MR) is 128 cm³/mol. The molecule has 2 aromatic carbocycles. The minimum atomic E-state index is 0.0857. The van der Waals surface area contributed by atoms with Crippen molar-refractivity contribution in [2.75, 3.05) is 19.7 Å². The van der Waals surface area contributed by atoms with E-state index in [0.29, 0.717) is 30.6 Å². The molecular weight excluding hydrogens is 428 g/mol. The summed E-state index contributed by atoms with van der Waals surface area (Å²) in [5, 5.41) is 4.08. The van der Waals surface area contributed by atoms with E-state index in [1.165, 1.54) is 0 Å². The van der Waals surface area contributed by atoms with Gasteiger partial charge >= 0.3 is 0 Å². The number of carbonyl (C=O) groups is 1. The van der Waals surface area contributed by atoms with Crippen LogP contribution in [0, 0.1) is 12.8 Å². The Hall–Kier alpha value is -4.00. The van der Waals surface area contributed by atoms with E-state index in [4.69, 9.17) is 9.26 Å². The van der Waals surface area contributed by atoms with Gasteiger partial charge in [0, 0.05) is 35.8 Å². The number of aryl methyl sites for hydroxylation is 1. The molecule has 1 unspecified atom stereocenters. The van der Waals surface area contributed by atoms with Crippen LogP contribution in [0.15, 0.2) is 77.3 Å². The predicted octanol–water partition coefficient (Wildman–Crippen LogP) is 5.04. The van der Waals surface area contributed by atoms with Crippen LogP contribution in [0.5, 0.6) is 5.75 Å². The second-order valence-corrected chi connectivity index (χ2v) is 8.55. The fourth-order valence-electron chi connectivity index (χ4n) is 4.19. The summed E-state index contributed by atoms with van der Waals surface area (Å²) in [5.41, 5.74) is 3.09. The molecule has 7 nitrogen and oxygen atoms in total. The Morgan fingerprint density at radius 1 is 1.06 bits per heavy atom. The third-order valence-corrected chi connectivity index (χ3v) is 5.94. The van der Waals surface area contributed by atoms with Crippen molar-refractivity contribution >= 4 is 5.91 Å². The van der Waals surface area contributed by atoms with Gasteiger partial charge in [-0.1, -0.05) is 35.5 Å². The van der Waals surface area contributed by atoms with Crippen LogP contribution in [0.1, 0.15) is 28.9 Å². The molecule has 0 bridgehead atoms. The average molecular weight is 455 g/mol. The third-order valence-electron chi connectivity index (χ3n) is 5.94. The van der Waals surface area contributed by atoms with Gasteiger partial charge in [0.2, 0.25) is 5.82 Å². The normalized spacial score (nSPS) is 15.8. The van der Waals surface area contributed by atoms with Gasteiger partial charge in [-0.2, -0.15) is 4.98 Å². The number of likely N-dealkylation sites (tertiary alicyclic amines) is 1. The summed E-state index contributed by atoms with van der Waals surface area (Å²) in [6.07, 6.45) is 2.01. The molecule has 0 radical (unpaired) electrons. The van der Waals surface area contributed by atoms with E-state index in [2.05, 4.69) is 15.1 Å². The van der Waals surface area contributed by atoms with Crippen LogP contribution >= 0.6 is 0 Å². The molecule has 1 aliphatic rings. The fourth-order valence-corrected chi connectivity index (χ4v) is 4.19. The van der Waals surface area contributed by atoms with Crippen LogP contribution in [0.3, 0.4) is 0 Å². The number of ether oxygens (including phenoxy) is 1. The molecule has 0 spiro atoms. The lowest BCUT2D eigenvalue weighted by Crippen LogP contribution is -2.41. The molecule has 172 valence electrons. The molecule has 1 atom stereocenters. The monoisotopic (exact) mass is 454 g/mol. The molecule has 1 saturated heterocycles. The standard InChI is InChI=1S/C27H26N4O3/c1-19-8-5-14-24(28-19)25-29-26(34-30-25)22-12-6-13-23(16-22)33-18-20-9-7-15-31(17-20)27(32)21-10-3-2-4-11-21/h2-6,8,10-14,16,20H,7,9,15,17-18H2,1H3. The number of rotatable bonds is 6. The van der Waals surface area contributed by atoms with E-state index in [1.54, 1.807) is 0 Å². The molecular formula is C27H26N4O3. The lowest BCUT2D eigenvalue weighted by molar-refractivity contribution is 0.0633. The summed E-state index contributed by atoms with van der Waals surface area (Å²) in [6.45, 7) is 3.96. The maximum Gasteiger partial charge on any atom is 0.258 e. The summed E-state index contributed by atoms with van der Waals surface area (Å²) < 4.78 is 11.6. The largest absolute Gasteiger partial charge is 0.493 e. The molecule has 3 heterocycles. The number of aromatic nitrogens is 3. The summed E-state index contributed by atoms with van der Waals surface area (Å²) in [5.74, 6) is 1.98. The Labute approximate surface area is 198 Å². The Kier molecular flexibility index (Phi) is 6.33. The average Bonchev–Trinajstić information content (AvgIpc) is 3.39. The highest BCUT2D eigenvalue weighted by Crippen LogP contribution is 2.26. The van der Waals surface area contributed by atoms with Gasteiger partial charge in [0.1, 0.15) is 11.4 Å². The van der Waals surface area contributed by atoms with Crippen LogP contribution in [-0.2, 0) is 0 Å². The van der Waals surface area contributed by atoms with E-state index in [9.17, 15) is 4.79 Å². The van der Waals surface area contributed by atoms with Crippen molar-refractivity contribution in [1.82, 2.24) is 20.0 Å². The summed E-state index contributed by atoms with van der Waals surface area (Å²) in [6, 6.07) is 22.8. The molecule has 4 aromatic rings. The summed E-state index contributed by atoms with van der Waals surface area (Å²) >= 11 is 0. The van der Waals surface area contributed by atoms with Crippen molar-refractivity contribution < 1.29 is 14.1 Å². The minimum absolute atomic E-state index is 0.0857. The molecule has 0 saturated carbocycles. The van der Waals surface area contributed by atoms with Crippen LogP contribution < -0.4 is 4.74 Å². The van der Waals surface area contributed by atoms with Gasteiger partial charge in [0.25, 0.3) is 11.8 Å². The van der Waals surface area contributed by atoms with E-state index >= 15 is 0 Å². The number of hydrogen-bond acceptors (Lipinski definition) is 6. The van der Waals surface area contributed by atoms with Crippen molar-refractivity contribution in [3.05, 3.63) is 84.1 Å². The number of pyridine rings is 1. The number of hydrogen-bond donors (Lipinski definition) is 0. The molecule has 0 N–H and O–H groups in total. The molecule has 34 heavy (non-hydrogen) atoms. The van der Waals surface area contributed by atoms with Crippen LogP contribution in [0.2, 0.25) is 0 Å². The number of carbonyl (C=O) groups excluding carboxylic acids is 1. The van der Waals surface area contributed by atoms with E-state index in [0.717, 1.165) is 42.0 Å². The smallest absolute Gasteiger partial charge is 0.258 e. The highest BCUT2D eigenvalue weighted by molar-refractivity contribution is 5.94. The Bertz CT molecular complexity index is 1270. The second kappa shape index (κ2) is 9.87. The van der Waals surface area contributed by atoms with Gasteiger partial charge in [0.15, 0.2) is 0 Å². The Morgan fingerprint density at radius 3 is 2.76 bits per heavy atom. The van der Waals surface area contributed by atoms with E-state index in [-0.39, 0.29) is 11.8 Å². The number of benzene rings is 2. The first kappa shape index (κ1) is 21.8. The van der Waals surface area contributed by atoms with Crippen molar-refractivity contribution in [2.24, 2.45) is 5.92 Å². The number of piperidine rings is 1. The van der Waals surface area contributed by atoms with Crippen LogP contribution in [-0.4, -0.2) is 45.6 Å². The molecule has 1 aliphatic heterocycles. The first-order valence-electron chi connectivity index (χ1n) is 11.5. The number of nitrogens with zero attached hydrogens (tertiary/aromatic N) is 4. The first-order valence-corrected chi connectivity index (χ1v) is 11.5. The van der Waals surface area contributed by atoms with Gasteiger partial charge in [0.05, 0.1) is 6.61 Å². The van der Waals surface area contributed by atoms with E-state index in [1.807, 2.05) is 84.6 Å². The van der Waals surface area contributed by atoms with Crippen LogP contribution in [0.4, 0.5) is 0 Å². The molecule has 2 aromatic heterocycles. The second-order valence-electron chi connectivity index (χ2n) is 8.55. The van der Waals surface area contributed by atoms with Gasteiger partial charge in [-0.05, 0) is 62.2 Å². The zero-order chi connectivity index (χ0) is 23.3. The topological polar surface area (TPSA) is 81.4 Å². The zero-order valence-corrected chi connectivity index (χ0v) is 19.1. The van der Waals surface area contributed by atoms with Gasteiger partial charge in [-0.15, -0.1) is 0 Å². The summed E-state index contributed by atoms with van der Waals surface area (Å²) in [4.78, 5) is 23.7. The highest BCUT2D eigenvalue weighted by atomic mass is 16.5. The van der Waals surface area contributed by atoms with Crippen molar-refractivity contribution in [3.8, 4) is 28.7 Å². The molecule has 5 rings (SSSR count). The first-order chi connectivity index (χ1) is 16.7. The molecule has 7 heteroatoms. The van der Waals surface area contributed by atoms with Gasteiger partial charge in [-0.25, -0.2) is 4.98 Å². The summed E-state index contributed by atoms with van der Waals surface area (Å²) in [7, 11) is 0. The van der Waals surface area contributed by atoms with Crippen molar-refractivity contribution in [3.63, 3.8) is 0 Å². The van der Waals surface area contributed by atoms with Crippen molar-refractivity contribution in [1.29, 1.82) is 0 Å². The van der Waals surface area contributed by atoms with Gasteiger partial charge in [-0.3, -0.25) is 4.79 Å². The zero-order valence-electron chi connectivity index (χ0n) is 19.1. The molecule has 1 amide bonds. The van der Waals surface area contributed by atoms with E-state index < -0.39 is 0 Å². The lowest BCUT2D eigenvalue weighted by Gasteiger charge is -2.32. The van der Waals surface area contributed by atoms with Crippen LogP contribution in [0.25, 0.3) is 23.0 Å². The molecule has 0 aliphatic carbocycles. The van der Waals surface area contributed by atoms with Crippen molar-refractivity contribution in [2.45, 2.75) is 19.8 Å². The quantitative estimate of drug-likeness (QED) is 0.406. The SMILES string of the molecule is Cc1cccc(-c2noc(-c3cccc(OCC4CCCN(C(=O)c5ccccc5)C4)c3)n2)n1. The lowest BCUT2D eigenvalue weighted by atomic mass is 9.98.